The van der Waals surface area contributed by atoms with Gasteiger partial charge in [-0.3, -0.25) is 4.79 Å². The summed E-state index contributed by atoms with van der Waals surface area (Å²) >= 11 is 5.76. The quantitative estimate of drug-likeness (QED) is 0.925. The van der Waals surface area contributed by atoms with Crippen LogP contribution in [-0.2, 0) is 14.8 Å². The Morgan fingerprint density at radius 1 is 1.30 bits per heavy atom. The van der Waals surface area contributed by atoms with Crippen LogP contribution in [0.1, 0.15) is 25.7 Å². The average Bonchev–Trinajstić information content (AvgIpc) is 2.39. The van der Waals surface area contributed by atoms with Gasteiger partial charge < -0.3 is 5.11 Å². The average molecular weight is 318 g/mol. The van der Waals surface area contributed by atoms with Gasteiger partial charge in [0.25, 0.3) is 0 Å². The minimum atomic E-state index is -3.66. The second kappa shape index (κ2) is 6.11. The molecule has 1 saturated heterocycles. The summed E-state index contributed by atoms with van der Waals surface area (Å²) in [7, 11) is -3.66. The number of nitrogens with zero attached hydrogens (tertiary/aromatic N) is 1. The van der Waals surface area contributed by atoms with Crippen LogP contribution in [0.5, 0.6) is 0 Å². The van der Waals surface area contributed by atoms with Gasteiger partial charge in [-0.05, 0) is 37.1 Å². The van der Waals surface area contributed by atoms with Crippen molar-refractivity contribution in [1.29, 1.82) is 0 Å². The van der Waals surface area contributed by atoms with E-state index in [0.717, 1.165) is 12.8 Å². The van der Waals surface area contributed by atoms with E-state index >= 15 is 0 Å². The number of hydrogen-bond acceptors (Lipinski definition) is 3. The summed E-state index contributed by atoms with van der Waals surface area (Å²) < 4.78 is 26.5. The highest BCUT2D eigenvalue weighted by molar-refractivity contribution is 7.89. The third kappa shape index (κ3) is 3.31. The Kier molecular flexibility index (Phi) is 4.67. The molecule has 0 aliphatic carbocycles. The van der Waals surface area contributed by atoms with Gasteiger partial charge in [0.05, 0.1) is 11.3 Å². The highest BCUT2D eigenvalue weighted by Gasteiger charge is 2.34. The maximum absolute atomic E-state index is 12.6. The first-order valence-electron chi connectivity index (χ1n) is 6.40. The van der Waals surface area contributed by atoms with Crippen molar-refractivity contribution in [2.45, 2.75) is 36.6 Å². The van der Waals surface area contributed by atoms with Gasteiger partial charge in [0.2, 0.25) is 10.0 Å². The third-order valence-electron chi connectivity index (χ3n) is 3.40. The molecule has 0 spiro atoms. The van der Waals surface area contributed by atoms with Crippen LogP contribution in [0.4, 0.5) is 0 Å². The van der Waals surface area contributed by atoms with Crippen molar-refractivity contribution in [3.8, 4) is 0 Å². The smallest absolute Gasteiger partial charge is 0.304 e. The van der Waals surface area contributed by atoms with Crippen molar-refractivity contribution >= 4 is 27.6 Å². The first kappa shape index (κ1) is 15.3. The van der Waals surface area contributed by atoms with Gasteiger partial charge in [0.15, 0.2) is 0 Å². The van der Waals surface area contributed by atoms with Crippen molar-refractivity contribution in [3.05, 3.63) is 29.3 Å². The molecular weight excluding hydrogens is 302 g/mol. The maximum atomic E-state index is 12.6. The Hall–Kier alpha value is -1.11. The minimum Gasteiger partial charge on any atom is -0.481 e. The van der Waals surface area contributed by atoms with Crippen LogP contribution >= 0.6 is 11.6 Å². The van der Waals surface area contributed by atoms with Gasteiger partial charge in [-0.1, -0.05) is 18.0 Å². The molecule has 1 aromatic rings. The summed E-state index contributed by atoms with van der Waals surface area (Å²) in [5.41, 5.74) is 0. The standard InChI is InChI=1S/C13H16ClNO4S/c14-10-4-6-12(7-5-10)20(18,19)15-8-2-1-3-11(15)9-13(16)17/h4-7,11H,1-3,8-9H2,(H,16,17). The zero-order valence-electron chi connectivity index (χ0n) is 10.8. The zero-order valence-corrected chi connectivity index (χ0v) is 12.4. The highest BCUT2D eigenvalue weighted by Crippen LogP contribution is 2.27. The Morgan fingerprint density at radius 3 is 2.55 bits per heavy atom. The van der Waals surface area contributed by atoms with E-state index in [4.69, 9.17) is 16.7 Å². The van der Waals surface area contributed by atoms with E-state index < -0.39 is 22.0 Å². The zero-order chi connectivity index (χ0) is 14.8. The molecule has 1 atom stereocenters. The number of aliphatic carboxylic acids is 1. The second-order valence-electron chi connectivity index (χ2n) is 4.82. The first-order chi connectivity index (χ1) is 9.41. The SMILES string of the molecule is O=C(O)CC1CCCCN1S(=O)(=O)c1ccc(Cl)cc1. The molecule has 1 unspecified atom stereocenters. The van der Waals surface area contributed by atoms with E-state index in [-0.39, 0.29) is 11.3 Å². The second-order valence-corrected chi connectivity index (χ2v) is 7.14. The molecule has 1 heterocycles. The number of piperidine rings is 1. The van der Waals surface area contributed by atoms with Gasteiger partial charge in [-0.2, -0.15) is 4.31 Å². The molecule has 5 nitrogen and oxygen atoms in total. The molecule has 0 aromatic heterocycles. The van der Waals surface area contributed by atoms with Crippen molar-refractivity contribution in [2.75, 3.05) is 6.54 Å². The predicted molar refractivity (Wildman–Crippen MR) is 75.2 cm³/mol. The summed E-state index contributed by atoms with van der Waals surface area (Å²) in [5, 5.41) is 9.38. The lowest BCUT2D eigenvalue weighted by Gasteiger charge is -2.33. The molecule has 1 aliphatic heterocycles. The first-order valence-corrected chi connectivity index (χ1v) is 8.22. The van der Waals surface area contributed by atoms with Crippen molar-refractivity contribution in [2.24, 2.45) is 0 Å². The molecule has 1 aliphatic rings. The molecule has 7 heteroatoms. The summed E-state index contributed by atoms with van der Waals surface area (Å²) in [6.07, 6.45) is 2.03. The molecule has 0 radical (unpaired) electrons. The predicted octanol–water partition coefficient (Wildman–Crippen LogP) is 2.36. The van der Waals surface area contributed by atoms with Crippen LogP contribution in [0.2, 0.25) is 5.02 Å². The molecule has 2 rings (SSSR count). The number of benzene rings is 1. The van der Waals surface area contributed by atoms with Crippen LogP contribution < -0.4 is 0 Å². The molecule has 20 heavy (non-hydrogen) atoms. The number of carboxylic acid groups (broad SMARTS) is 1. The Bertz CT molecular complexity index is 585. The van der Waals surface area contributed by atoms with E-state index in [1.807, 2.05) is 0 Å². The van der Waals surface area contributed by atoms with E-state index in [1.165, 1.54) is 28.6 Å². The number of carboxylic acids is 1. The molecular formula is C13H16ClNO4S. The lowest BCUT2D eigenvalue weighted by atomic mass is 10.0. The molecule has 0 saturated carbocycles. The van der Waals surface area contributed by atoms with Crippen molar-refractivity contribution in [1.82, 2.24) is 4.31 Å². The number of hydrogen-bond donors (Lipinski definition) is 1. The van der Waals surface area contributed by atoms with E-state index in [2.05, 4.69) is 0 Å². The topological polar surface area (TPSA) is 74.7 Å². The van der Waals surface area contributed by atoms with Gasteiger partial charge in [0, 0.05) is 17.6 Å². The van der Waals surface area contributed by atoms with Crippen molar-refractivity contribution in [3.63, 3.8) is 0 Å². The molecule has 0 bridgehead atoms. The van der Waals surface area contributed by atoms with Crippen LogP contribution in [0.15, 0.2) is 29.2 Å². The normalized spacial score (nSPS) is 20.8. The number of halogens is 1. The van der Waals surface area contributed by atoms with Gasteiger partial charge in [-0.25, -0.2) is 8.42 Å². The van der Waals surface area contributed by atoms with Crippen LogP contribution in [0.3, 0.4) is 0 Å². The number of rotatable bonds is 4. The van der Waals surface area contributed by atoms with Crippen LogP contribution in [0, 0.1) is 0 Å². The van der Waals surface area contributed by atoms with Crippen LogP contribution in [-0.4, -0.2) is 36.4 Å². The van der Waals surface area contributed by atoms with E-state index in [1.54, 1.807) is 0 Å². The Labute approximate surface area is 123 Å². The molecule has 1 fully saturated rings. The minimum absolute atomic E-state index is 0.152. The molecule has 1 aromatic carbocycles. The van der Waals surface area contributed by atoms with E-state index in [9.17, 15) is 13.2 Å². The Morgan fingerprint density at radius 2 is 1.95 bits per heavy atom. The largest absolute Gasteiger partial charge is 0.481 e. The fraction of sp³-hybridized carbons (Fsp3) is 0.462. The van der Waals surface area contributed by atoms with Gasteiger partial charge in [0.1, 0.15) is 0 Å². The highest BCUT2D eigenvalue weighted by atomic mass is 35.5. The summed E-state index contributed by atoms with van der Waals surface area (Å²) in [6, 6.07) is 5.46. The number of sulfonamides is 1. The van der Waals surface area contributed by atoms with Crippen LogP contribution in [0.25, 0.3) is 0 Å². The van der Waals surface area contributed by atoms with Crippen molar-refractivity contribution < 1.29 is 18.3 Å². The van der Waals surface area contributed by atoms with Gasteiger partial charge in [-0.15, -0.1) is 0 Å². The fourth-order valence-corrected chi connectivity index (χ4v) is 4.26. The lowest BCUT2D eigenvalue weighted by Crippen LogP contribution is -2.44. The molecule has 1 N–H and O–H groups in total. The number of carbonyl (C=O) groups is 1. The lowest BCUT2D eigenvalue weighted by molar-refractivity contribution is -0.138. The fourth-order valence-electron chi connectivity index (χ4n) is 2.44. The summed E-state index contributed by atoms with van der Waals surface area (Å²) in [5.74, 6) is -0.979. The monoisotopic (exact) mass is 317 g/mol. The maximum Gasteiger partial charge on any atom is 0.304 e. The molecule has 0 amide bonds. The van der Waals surface area contributed by atoms with E-state index in [0.29, 0.717) is 18.0 Å². The summed E-state index contributed by atoms with van der Waals surface area (Å²) in [6.45, 7) is 0.364. The molecule has 110 valence electrons. The summed E-state index contributed by atoms with van der Waals surface area (Å²) in [4.78, 5) is 11.0. The third-order valence-corrected chi connectivity index (χ3v) is 5.62. The van der Waals surface area contributed by atoms with Gasteiger partial charge >= 0.3 is 5.97 Å². The Balaban J connectivity index is 2.30.